The summed E-state index contributed by atoms with van der Waals surface area (Å²) in [7, 11) is 0. The zero-order valence-electron chi connectivity index (χ0n) is 18.5. The molecule has 0 aliphatic carbocycles. The molecule has 2 aromatic carbocycles. The van der Waals surface area contributed by atoms with E-state index in [0.717, 1.165) is 12.1 Å². The molecule has 2 unspecified atom stereocenters. The number of aliphatic hydroxyl groups is 2. The standard InChI is InChI=1S/C22H21F3N4O7/c1-11(26)16(21(35,20(33)34)17(30)19(31)32)12-2-4-13(5-3-12)18-27-10-29(28-18)14-6-8-15(9-7-14)36-22(23,24)25/h2-11,16-17,30,35H,26H2,1H3,(H,31,32)(H,33,34)/t11?,16?,17-,21+/m1/s1. The number of rotatable bonds is 9. The lowest BCUT2D eigenvalue weighted by Crippen LogP contribution is -2.60. The minimum Gasteiger partial charge on any atom is -0.479 e. The van der Waals surface area contributed by atoms with Crippen LogP contribution in [0.25, 0.3) is 17.1 Å². The largest absolute Gasteiger partial charge is 0.573 e. The number of aliphatic carboxylic acids is 2. The van der Waals surface area contributed by atoms with E-state index in [9.17, 15) is 38.1 Å². The van der Waals surface area contributed by atoms with Crippen LogP contribution >= 0.6 is 0 Å². The lowest BCUT2D eigenvalue weighted by atomic mass is 9.74. The van der Waals surface area contributed by atoms with Gasteiger partial charge in [0.25, 0.3) is 0 Å². The number of hydrogen-bond donors (Lipinski definition) is 5. The molecule has 6 N–H and O–H groups in total. The van der Waals surface area contributed by atoms with Crippen LogP contribution in [0, 0.1) is 0 Å². The van der Waals surface area contributed by atoms with E-state index in [1.54, 1.807) is 0 Å². The van der Waals surface area contributed by atoms with E-state index in [1.165, 1.54) is 54.3 Å². The van der Waals surface area contributed by atoms with Crippen molar-refractivity contribution in [3.05, 3.63) is 60.4 Å². The van der Waals surface area contributed by atoms with Gasteiger partial charge in [0.1, 0.15) is 12.1 Å². The van der Waals surface area contributed by atoms with Gasteiger partial charge in [-0.3, -0.25) is 0 Å². The third-order valence-electron chi connectivity index (χ3n) is 5.35. The fraction of sp³-hybridized carbons (Fsp3) is 0.273. The van der Waals surface area contributed by atoms with Crippen molar-refractivity contribution in [3.63, 3.8) is 0 Å². The van der Waals surface area contributed by atoms with Gasteiger partial charge in [-0.25, -0.2) is 19.3 Å². The first kappa shape index (κ1) is 26.6. The molecule has 0 aliphatic rings. The van der Waals surface area contributed by atoms with E-state index in [4.69, 9.17) is 10.8 Å². The second-order valence-electron chi connectivity index (χ2n) is 7.88. The molecule has 1 heterocycles. The molecule has 0 aliphatic heterocycles. The summed E-state index contributed by atoms with van der Waals surface area (Å²) in [6.45, 7) is 1.36. The van der Waals surface area contributed by atoms with E-state index in [2.05, 4.69) is 14.8 Å². The van der Waals surface area contributed by atoms with Gasteiger partial charge in [0.15, 0.2) is 11.9 Å². The topological polar surface area (TPSA) is 181 Å². The lowest BCUT2D eigenvalue weighted by Gasteiger charge is -2.36. The first-order chi connectivity index (χ1) is 16.7. The van der Waals surface area contributed by atoms with Gasteiger partial charge in [-0.1, -0.05) is 24.3 Å². The molecule has 3 rings (SSSR count). The van der Waals surface area contributed by atoms with E-state index in [0.29, 0.717) is 11.3 Å². The third kappa shape index (κ3) is 5.45. The van der Waals surface area contributed by atoms with Crippen molar-refractivity contribution in [3.8, 4) is 22.8 Å². The number of hydrogen-bond acceptors (Lipinski definition) is 8. The molecule has 1 aromatic heterocycles. The smallest absolute Gasteiger partial charge is 0.479 e. The molecular weight excluding hydrogens is 489 g/mol. The van der Waals surface area contributed by atoms with Gasteiger partial charge < -0.3 is 30.9 Å². The summed E-state index contributed by atoms with van der Waals surface area (Å²) in [4.78, 5) is 27.2. The second kappa shape index (κ2) is 9.93. The Morgan fingerprint density at radius 1 is 1.06 bits per heavy atom. The maximum atomic E-state index is 12.3. The van der Waals surface area contributed by atoms with Crippen molar-refractivity contribution in [2.75, 3.05) is 0 Å². The highest BCUT2D eigenvalue weighted by Crippen LogP contribution is 2.35. The van der Waals surface area contributed by atoms with Gasteiger partial charge in [-0.05, 0) is 36.8 Å². The Kier molecular flexibility index (Phi) is 7.33. The van der Waals surface area contributed by atoms with Crippen LogP contribution in [0.5, 0.6) is 5.75 Å². The summed E-state index contributed by atoms with van der Waals surface area (Å²) in [6, 6.07) is 9.55. The number of nitrogens with two attached hydrogens (primary N) is 1. The molecule has 0 fully saturated rings. The van der Waals surface area contributed by atoms with Gasteiger partial charge in [0.05, 0.1) is 5.69 Å². The van der Waals surface area contributed by atoms with Crippen molar-refractivity contribution in [2.24, 2.45) is 5.73 Å². The van der Waals surface area contributed by atoms with Crippen molar-refractivity contribution in [2.45, 2.75) is 37.0 Å². The van der Waals surface area contributed by atoms with Gasteiger partial charge >= 0.3 is 18.3 Å². The number of alkyl halides is 3. The Morgan fingerprint density at radius 3 is 2.11 bits per heavy atom. The Balaban J connectivity index is 1.88. The quantitative estimate of drug-likeness (QED) is 0.283. The molecule has 11 nitrogen and oxygen atoms in total. The van der Waals surface area contributed by atoms with Crippen molar-refractivity contribution >= 4 is 11.9 Å². The monoisotopic (exact) mass is 510 g/mol. The second-order valence-corrected chi connectivity index (χ2v) is 7.88. The highest BCUT2D eigenvalue weighted by Gasteiger charge is 2.55. The molecule has 4 atom stereocenters. The number of nitrogens with zero attached hydrogens (tertiary/aromatic N) is 3. The van der Waals surface area contributed by atoms with Crippen LogP contribution in [-0.2, 0) is 9.59 Å². The maximum Gasteiger partial charge on any atom is 0.573 e. The molecule has 192 valence electrons. The number of carbonyl (C=O) groups is 2. The average Bonchev–Trinajstić information content (AvgIpc) is 3.28. The van der Waals surface area contributed by atoms with Crippen LogP contribution in [0.3, 0.4) is 0 Å². The van der Waals surface area contributed by atoms with Crippen LogP contribution in [0.4, 0.5) is 13.2 Å². The van der Waals surface area contributed by atoms with Gasteiger partial charge in [-0.2, -0.15) is 0 Å². The molecular formula is C22H21F3N4O7. The Hall–Kier alpha value is -4.01. The minimum atomic E-state index is -4.82. The van der Waals surface area contributed by atoms with Crippen molar-refractivity contribution < 1.29 is 47.9 Å². The number of aromatic nitrogens is 3. The van der Waals surface area contributed by atoms with Gasteiger partial charge in [0.2, 0.25) is 5.60 Å². The number of halogens is 3. The van der Waals surface area contributed by atoms with E-state index in [-0.39, 0.29) is 11.4 Å². The molecule has 0 radical (unpaired) electrons. The van der Waals surface area contributed by atoms with Gasteiger partial charge in [0, 0.05) is 17.5 Å². The molecule has 0 bridgehead atoms. The highest BCUT2D eigenvalue weighted by molar-refractivity contribution is 5.88. The Bertz CT molecular complexity index is 1230. The zero-order valence-corrected chi connectivity index (χ0v) is 18.5. The van der Waals surface area contributed by atoms with Crippen LogP contribution in [0.1, 0.15) is 18.4 Å². The third-order valence-corrected chi connectivity index (χ3v) is 5.35. The summed E-state index contributed by atoms with van der Waals surface area (Å²) in [5.74, 6) is -5.60. The van der Waals surface area contributed by atoms with Crippen molar-refractivity contribution in [1.29, 1.82) is 0 Å². The molecule has 0 saturated carbocycles. The summed E-state index contributed by atoms with van der Waals surface area (Å²) >= 11 is 0. The fourth-order valence-electron chi connectivity index (χ4n) is 3.73. The van der Waals surface area contributed by atoms with Crippen LogP contribution in [-0.4, -0.2) is 71.2 Å². The van der Waals surface area contributed by atoms with E-state index < -0.39 is 47.7 Å². The summed E-state index contributed by atoms with van der Waals surface area (Å²) < 4.78 is 42.1. The Labute approximate surface area is 201 Å². The minimum absolute atomic E-state index is 0.138. The molecule has 14 heteroatoms. The first-order valence-corrected chi connectivity index (χ1v) is 10.2. The Morgan fingerprint density at radius 2 is 1.64 bits per heavy atom. The molecule has 0 amide bonds. The number of benzene rings is 2. The van der Waals surface area contributed by atoms with Crippen LogP contribution in [0.15, 0.2) is 54.9 Å². The first-order valence-electron chi connectivity index (χ1n) is 10.2. The van der Waals surface area contributed by atoms with Crippen molar-refractivity contribution in [1.82, 2.24) is 14.8 Å². The lowest BCUT2D eigenvalue weighted by molar-refractivity contribution is -0.274. The fourth-order valence-corrected chi connectivity index (χ4v) is 3.73. The normalized spacial score (nSPS) is 16.0. The van der Waals surface area contributed by atoms with Crippen LogP contribution < -0.4 is 10.5 Å². The van der Waals surface area contributed by atoms with Crippen LogP contribution in [0.2, 0.25) is 0 Å². The zero-order chi connectivity index (χ0) is 26.8. The molecule has 0 spiro atoms. The summed E-state index contributed by atoms with van der Waals surface area (Å²) in [6.07, 6.45) is -6.16. The van der Waals surface area contributed by atoms with E-state index >= 15 is 0 Å². The predicted molar refractivity (Wildman–Crippen MR) is 116 cm³/mol. The predicted octanol–water partition coefficient (Wildman–Crippen LogP) is 1.52. The highest BCUT2D eigenvalue weighted by atomic mass is 19.4. The number of carboxylic acids is 2. The molecule has 36 heavy (non-hydrogen) atoms. The van der Waals surface area contributed by atoms with Gasteiger partial charge in [-0.15, -0.1) is 18.3 Å². The summed E-state index contributed by atoms with van der Waals surface area (Å²) in [5.41, 5.74) is 3.72. The average molecular weight is 510 g/mol. The number of aliphatic hydroxyl groups excluding tert-OH is 1. The number of carboxylic acid groups (broad SMARTS) is 2. The molecule has 0 saturated heterocycles. The maximum absolute atomic E-state index is 12.3. The summed E-state index contributed by atoms with van der Waals surface area (Å²) in [5, 5.41) is 43.5. The van der Waals surface area contributed by atoms with E-state index in [1.807, 2.05) is 0 Å². The number of ether oxygens (including phenoxy) is 1. The molecule has 3 aromatic rings. The SMILES string of the molecule is CC(N)C(c1ccc(-c2ncn(-c3ccc(OC(F)(F)F)cc3)n2)cc1)[C@@](O)(C(=O)O)[C@H](O)C(=O)O.